The lowest BCUT2D eigenvalue weighted by molar-refractivity contribution is 0.259. The van der Waals surface area contributed by atoms with Gasteiger partial charge in [-0.2, -0.15) is 0 Å². The van der Waals surface area contributed by atoms with Gasteiger partial charge in [0.05, 0.1) is 0 Å². The molecule has 16 heavy (non-hydrogen) atoms. The van der Waals surface area contributed by atoms with Crippen LogP contribution in [0.25, 0.3) is 0 Å². The molecule has 0 atom stereocenters. The molecule has 0 N–H and O–H groups in total. The number of alkyl halides is 1. The Labute approximate surface area is 108 Å². The fraction of sp³-hybridized carbons (Fsp3) is 1.00. The van der Waals surface area contributed by atoms with Crippen molar-refractivity contribution in [3.63, 3.8) is 0 Å². The van der Waals surface area contributed by atoms with Crippen LogP contribution in [0.15, 0.2) is 0 Å². The van der Waals surface area contributed by atoms with E-state index in [0.29, 0.717) is 0 Å². The quantitative estimate of drug-likeness (QED) is 0.357. The molecule has 0 saturated carbocycles. The molecule has 0 amide bonds. The molecule has 0 bridgehead atoms. The average molecular weight is 248 g/mol. The molecule has 0 spiro atoms. The van der Waals surface area contributed by atoms with Crippen LogP contribution in [0.2, 0.25) is 0 Å². The number of unbranched alkanes of at least 4 members (excludes halogenated alkanes) is 5. The first-order chi connectivity index (χ1) is 7.85. The minimum Gasteiger partial charge on any atom is -0.303 e. The summed E-state index contributed by atoms with van der Waals surface area (Å²) in [6.07, 6.45) is 10.5. The van der Waals surface area contributed by atoms with Gasteiger partial charge in [0.25, 0.3) is 0 Å². The number of halogens is 1. The molecular weight excluding hydrogens is 218 g/mol. The summed E-state index contributed by atoms with van der Waals surface area (Å²) in [6, 6.07) is 0. The van der Waals surface area contributed by atoms with Gasteiger partial charge in [-0.1, -0.05) is 39.5 Å². The highest BCUT2D eigenvalue weighted by atomic mass is 35.5. The smallest absolute Gasteiger partial charge is 0.0223 e. The number of hydrogen-bond acceptors (Lipinski definition) is 1. The largest absolute Gasteiger partial charge is 0.303 e. The molecule has 0 aromatic rings. The molecule has 98 valence electrons. The molecule has 0 saturated heterocycles. The van der Waals surface area contributed by atoms with E-state index in [4.69, 9.17) is 11.6 Å². The van der Waals surface area contributed by atoms with Crippen molar-refractivity contribution >= 4 is 11.6 Å². The predicted molar refractivity (Wildman–Crippen MR) is 75.4 cm³/mol. The highest BCUT2D eigenvalue weighted by Gasteiger charge is 2.02. The Bertz CT molecular complexity index is 120. The summed E-state index contributed by atoms with van der Waals surface area (Å²) >= 11 is 5.67. The Morgan fingerprint density at radius 1 is 0.688 bits per heavy atom. The topological polar surface area (TPSA) is 3.24 Å². The molecule has 1 nitrogen and oxygen atoms in total. The van der Waals surface area contributed by atoms with Crippen LogP contribution in [0, 0.1) is 0 Å². The second kappa shape index (κ2) is 13.3. The molecular formula is C14H30ClN. The van der Waals surface area contributed by atoms with Gasteiger partial charge in [-0.05, 0) is 45.3 Å². The van der Waals surface area contributed by atoms with Gasteiger partial charge in [-0.3, -0.25) is 0 Å². The molecule has 2 heteroatoms. The second-order valence-corrected chi connectivity index (χ2v) is 5.03. The number of nitrogens with zero attached hydrogens (tertiary/aromatic N) is 1. The Hall–Kier alpha value is 0.250. The fourth-order valence-electron chi connectivity index (χ4n) is 1.88. The summed E-state index contributed by atoms with van der Waals surface area (Å²) in [5.74, 6) is 0.829. The Balaban J connectivity index is 3.48. The molecule has 0 aliphatic rings. The van der Waals surface area contributed by atoms with Crippen LogP contribution in [0.3, 0.4) is 0 Å². The highest BCUT2D eigenvalue weighted by molar-refractivity contribution is 6.17. The van der Waals surface area contributed by atoms with Crippen LogP contribution < -0.4 is 0 Å². The Morgan fingerprint density at radius 3 is 1.69 bits per heavy atom. The summed E-state index contributed by atoms with van der Waals surface area (Å²) < 4.78 is 0. The molecule has 0 aromatic carbocycles. The fourth-order valence-corrected chi connectivity index (χ4v) is 2.07. The van der Waals surface area contributed by atoms with Crippen molar-refractivity contribution in [2.75, 3.05) is 25.5 Å². The summed E-state index contributed by atoms with van der Waals surface area (Å²) in [5.41, 5.74) is 0. The van der Waals surface area contributed by atoms with E-state index < -0.39 is 0 Å². The zero-order valence-corrected chi connectivity index (χ0v) is 12.1. The number of hydrogen-bond donors (Lipinski definition) is 0. The van der Waals surface area contributed by atoms with Crippen molar-refractivity contribution < 1.29 is 0 Å². The van der Waals surface area contributed by atoms with E-state index in [1.54, 1.807) is 0 Å². The monoisotopic (exact) mass is 247 g/mol. The maximum Gasteiger partial charge on any atom is 0.0223 e. The van der Waals surface area contributed by atoms with Crippen molar-refractivity contribution in [1.82, 2.24) is 4.90 Å². The van der Waals surface area contributed by atoms with E-state index in [1.807, 2.05) is 0 Å². The van der Waals surface area contributed by atoms with Crippen molar-refractivity contribution in [3.05, 3.63) is 0 Å². The second-order valence-electron chi connectivity index (χ2n) is 4.65. The summed E-state index contributed by atoms with van der Waals surface area (Å²) in [4.78, 5) is 2.65. The predicted octanol–water partition coefficient (Wildman–Crippen LogP) is 4.69. The molecule has 0 fully saturated rings. The summed E-state index contributed by atoms with van der Waals surface area (Å²) in [6.45, 7) is 8.44. The first kappa shape index (κ1) is 16.2. The maximum absolute atomic E-state index is 5.67. The van der Waals surface area contributed by atoms with Gasteiger partial charge in [0.2, 0.25) is 0 Å². The average Bonchev–Trinajstić information content (AvgIpc) is 2.31. The summed E-state index contributed by atoms with van der Waals surface area (Å²) in [7, 11) is 0. The van der Waals surface area contributed by atoms with Crippen LogP contribution in [-0.2, 0) is 0 Å². The normalized spacial score (nSPS) is 11.2. The van der Waals surface area contributed by atoms with Crippen molar-refractivity contribution in [2.24, 2.45) is 0 Å². The maximum atomic E-state index is 5.67. The minimum atomic E-state index is 0.829. The van der Waals surface area contributed by atoms with Crippen molar-refractivity contribution in [2.45, 2.75) is 65.2 Å². The molecule has 0 rings (SSSR count). The molecule has 0 heterocycles. The highest BCUT2D eigenvalue weighted by Crippen LogP contribution is 2.05. The van der Waals surface area contributed by atoms with E-state index in [0.717, 1.165) is 5.88 Å². The molecule has 0 unspecified atom stereocenters. The molecule has 0 aromatic heterocycles. The van der Waals surface area contributed by atoms with E-state index in [2.05, 4.69) is 18.7 Å². The van der Waals surface area contributed by atoms with Crippen LogP contribution >= 0.6 is 11.6 Å². The Kier molecular flexibility index (Phi) is 13.5. The third-order valence-electron chi connectivity index (χ3n) is 3.01. The van der Waals surface area contributed by atoms with Crippen LogP contribution in [0.1, 0.15) is 65.2 Å². The van der Waals surface area contributed by atoms with Gasteiger partial charge in [0.15, 0.2) is 0 Å². The molecule has 0 radical (unpaired) electrons. The van der Waals surface area contributed by atoms with E-state index in [1.165, 1.54) is 71.0 Å². The van der Waals surface area contributed by atoms with Crippen LogP contribution in [-0.4, -0.2) is 30.4 Å². The van der Waals surface area contributed by atoms with Crippen molar-refractivity contribution in [1.29, 1.82) is 0 Å². The molecule has 0 aliphatic carbocycles. The SMILES string of the molecule is CCCCN(CCCC)CCCCCCCl. The lowest BCUT2D eigenvalue weighted by Crippen LogP contribution is -2.27. The minimum absolute atomic E-state index is 0.829. The zero-order valence-electron chi connectivity index (χ0n) is 11.3. The standard InChI is InChI=1S/C14H30ClN/c1-3-5-12-16(13-6-4-2)14-10-8-7-9-11-15/h3-14H2,1-2H3. The lowest BCUT2D eigenvalue weighted by atomic mass is 10.2. The van der Waals surface area contributed by atoms with Crippen LogP contribution in [0.5, 0.6) is 0 Å². The van der Waals surface area contributed by atoms with Gasteiger partial charge in [0, 0.05) is 5.88 Å². The zero-order chi connectivity index (χ0) is 12.1. The first-order valence-corrected chi connectivity index (χ1v) is 7.66. The summed E-state index contributed by atoms with van der Waals surface area (Å²) in [5, 5.41) is 0. The van der Waals surface area contributed by atoms with Gasteiger partial charge >= 0.3 is 0 Å². The third kappa shape index (κ3) is 10.8. The van der Waals surface area contributed by atoms with Gasteiger partial charge in [-0.15, -0.1) is 11.6 Å². The lowest BCUT2D eigenvalue weighted by Gasteiger charge is -2.21. The van der Waals surface area contributed by atoms with Gasteiger partial charge < -0.3 is 4.90 Å². The van der Waals surface area contributed by atoms with E-state index in [-0.39, 0.29) is 0 Å². The molecule has 0 aliphatic heterocycles. The van der Waals surface area contributed by atoms with Gasteiger partial charge in [-0.25, -0.2) is 0 Å². The van der Waals surface area contributed by atoms with E-state index >= 15 is 0 Å². The van der Waals surface area contributed by atoms with Crippen LogP contribution in [0.4, 0.5) is 0 Å². The first-order valence-electron chi connectivity index (χ1n) is 7.13. The van der Waals surface area contributed by atoms with Gasteiger partial charge in [0.1, 0.15) is 0 Å². The van der Waals surface area contributed by atoms with Crippen molar-refractivity contribution in [3.8, 4) is 0 Å². The Morgan fingerprint density at radius 2 is 1.19 bits per heavy atom. The van der Waals surface area contributed by atoms with E-state index in [9.17, 15) is 0 Å². The third-order valence-corrected chi connectivity index (χ3v) is 3.28. The number of rotatable bonds is 12.